The monoisotopic (exact) mass is 465 g/mol. The van der Waals surface area contributed by atoms with Crippen molar-refractivity contribution < 1.29 is 19.2 Å². The van der Waals surface area contributed by atoms with Gasteiger partial charge in [0.2, 0.25) is 5.75 Å². The molecule has 2 amide bonds. The van der Waals surface area contributed by atoms with Crippen LogP contribution in [0.25, 0.3) is 16.8 Å². The second kappa shape index (κ2) is 9.11. The SMILES string of the molecule is O=C1NN(c2ccccc2)C(=O)C1=Cc1cccc([N+](=O)[O-])c1OCc1cccc2ccccc12. The standard InChI is InChI=1S/C27H19N3O5/c31-26-23(27(32)29(28-26)21-12-2-1-3-13-21)16-19-10-7-15-24(30(33)34)25(19)35-17-20-11-6-9-18-8-4-5-14-22(18)20/h1-16H,17H2,(H,28,31). The van der Waals surface area contributed by atoms with Crippen molar-refractivity contribution >= 4 is 40.0 Å². The Morgan fingerprint density at radius 2 is 1.60 bits per heavy atom. The Labute approximate surface area is 200 Å². The number of rotatable bonds is 6. The summed E-state index contributed by atoms with van der Waals surface area (Å²) in [7, 11) is 0. The quantitative estimate of drug-likeness (QED) is 0.191. The molecule has 1 saturated heterocycles. The highest BCUT2D eigenvalue weighted by atomic mass is 16.6. The predicted molar refractivity (Wildman–Crippen MR) is 131 cm³/mol. The molecule has 0 aliphatic carbocycles. The summed E-state index contributed by atoms with van der Waals surface area (Å²) in [6.45, 7) is 0.0681. The fourth-order valence-electron chi connectivity index (χ4n) is 4.00. The molecule has 0 radical (unpaired) electrons. The van der Waals surface area contributed by atoms with E-state index in [0.717, 1.165) is 21.3 Å². The van der Waals surface area contributed by atoms with Crippen LogP contribution in [0.4, 0.5) is 11.4 Å². The molecule has 1 heterocycles. The van der Waals surface area contributed by atoms with E-state index in [-0.39, 0.29) is 29.2 Å². The maximum absolute atomic E-state index is 13.0. The first kappa shape index (κ1) is 21.8. The lowest BCUT2D eigenvalue weighted by atomic mass is 10.1. The molecule has 0 spiro atoms. The molecule has 1 aliphatic heterocycles. The highest BCUT2D eigenvalue weighted by Gasteiger charge is 2.35. The summed E-state index contributed by atoms with van der Waals surface area (Å²) in [5.41, 5.74) is 3.73. The van der Waals surface area contributed by atoms with Crippen molar-refractivity contribution in [3.63, 3.8) is 0 Å². The first-order valence-corrected chi connectivity index (χ1v) is 10.8. The third kappa shape index (κ3) is 4.20. The van der Waals surface area contributed by atoms with Crippen molar-refractivity contribution in [2.75, 3.05) is 5.01 Å². The first-order valence-electron chi connectivity index (χ1n) is 10.8. The minimum atomic E-state index is -0.606. The number of amides is 2. The number of hydrogen-bond donors (Lipinski definition) is 1. The van der Waals surface area contributed by atoms with Crippen LogP contribution in [0.15, 0.2) is 96.6 Å². The summed E-state index contributed by atoms with van der Waals surface area (Å²) in [6, 6.07) is 26.6. The number of anilines is 1. The number of carbonyl (C=O) groups is 2. The fourth-order valence-corrected chi connectivity index (χ4v) is 4.00. The average molecular weight is 465 g/mol. The number of carbonyl (C=O) groups excluding carboxylic acids is 2. The second-order valence-corrected chi connectivity index (χ2v) is 7.85. The van der Waals surface area contributed by atoms with E-state index in [4.69, 9.17) is 4.74 Å². The smallest absolute Gasteiger partial charge is 0.311 e. The van der Waals surface area contributed by atoms with E-state index in [9.17, 15) is 19.7 Å². The van der Waals surface area contributed by atoms with Crippen molar-refractivity contribution in [3.8, 4) is 5.75 Å². The van der Waals surface area contributed by atoms with Gasteiger partial charge in [-0.2, -0.15) is 0 Å². The van der Waals surface area contributed by atoms with Crippen molar-refractivity contribution in [3.05, 3.63) is 118 Å². The van der Waals surface area contributed by atoms with Gasteiger partial charge >= 0.3 is 5.69 Å². The topological polar surface area (TPSA) is 102 Å². The molecule has 1 aliphatic rings. The molecule has 8 nitrogen and oxygen atoms in total. The van der Waals surface area contributed by atoms with Gasteiger partial charge in [-0.05, 0) is 34.5 Å². The maximum atomic E-state index is 13.0. The van der Waals surface area contributed by atoms with Crippen molar-refractivity contribution in [1.29, 1.82) is 0 Å². The van der Waals surface area contributed by atoms with Crippen LogP contribution in [0, 0.1) is 10.1 Å². The van der Waals surface area contributed by atoms with Crippen molar-refractivity contribution in [2.24, 2.45) is 0 Å². The summed E-state index contributed by atoms with van der Waals surface area (Å²) < 4.78 is 5.97. The van der Waals surface area contributed by atoms with Crippen molar-refractivity contribution in [2.45, 2.75) is 6.61 Å². The van der Waals surface area contributed by atoms with Crippen LogP contribution < -0.4 is 15.2 Å². The van der Waals surface area contributed by atoms with E-state index in [1.807, 2.05) is 42.5 Å². The fraction of sp³-hybridized carbons (Fsp3) is 0.0370. The summed E-state index contributed by atoms with van der Waals surface area (Å²) in [6.07, 6.45) is 1.33. The lowest BCUT2D eigenvalue weighted by molar-refractivity contribution is -0.386. The molecule has 8 heteroatoms. The Morgan fingerprint density at radius 1 is 0.886 bits per heavy atom. The highest BCUT2D eigenvalue weighted by molar-refractivity contribution is 6.31. The Hall–Kier alpha value is -4.98. The molecule has 5 rings (SSSR count). The van der Waals surface area contributed by atoms with Gasteiger partial charge < -0.3 is 4.74 Å². The normalized spacial score (nSPS) is 14.4. The zero-order chi connectivity index (χ0) is 24.4. The van der Waals surface area contributed by atoms with E-state index in [1.54, 1.807) is 36.4 Å². The van der Waals surface area contributed by atoms with Gasteiger partial charge in [-0.25, -0.2) is 5.01 Å². The number of nitrogens with zero attached hydrogens (tertiary/aromatic N) is 2. The van der Waals surface area contributed by atoms with Crippen LogP contribution in [0.1, 0.15) is 11.1 Å². The average Bonchev–Trinajstić information content (AvgIpc) is 3.16. The number of nitro benzene ring substituents is 1. The molecular weight excluding hydrogens is 446 g/mol. The zero-order valence-corrected chi connectivity index (χ0v) is 18.4. The molecule has 0 bridgehead atoms. The predicted octanol–water partition coefficient (Wildman–Crippen LogP) is 4.79. The number of hydrogen-bond acceptors (Lipinski definition) is 5. The number of ether oxygens (including phenoxy) is 1. The van der Waals surface area contributed by atoms with Gasteiger partial charge in [-0.15, -0.1) is 0 Å². The molecule has 1 N–H and O–H groups in total. The van der Waals surface area contributed by atoms with E-state index in [1.165, 1.54) is 18.2 Å². The van der Waals surface area contributed by atoms with Gasteiger partial charge in [0.1, 0.15) is 12.2 Å². The lowest BCUT2D eigenvalue weighted by Crippen LogP contribution is -2.35. The van der Waals surface area contributed by atoms with Gasteiger partial charge in [-0.1, -0.05) is 72.8 Å². The number of hydrazine groups is 1. The highest BCUT2D eigenvalue weighted by Crippen LogP contribution is 2.34. The number of benzene rings is 4. The summed E-state index contributed by atoms with van der Waals surface area (Å²) in [4.78, 5) is 36.8. The summed E-state index contributed by atoms with van der Waals surface area (Å²) in [5, 5.41) is 14.9. The van der Waals surface area contributed by atoms with E-state index >= 15 is 0 Å². The van der Waals surface area contributed by atoms with E-state index in [2.05, 4.69) is 5.43 Å². The summed E-state index contributed by atoms with van der Waals surface area (Å²) in [5.74, 6) is -1.19. The van der Waals surface area contributed by atoms with E-state index in [0.29, 0.717) is 5.69 Å². The summed E-state index contributed by atoms with van der Waals surface area (Å²) >= 11 is 0. The van der Waals surface area contributed by atoms with Crippen LogP contribution >= 0.6 is 0 Å². The third-order valence-corrected chi connectivity index (χ3v) is 5.68. The lowest BCUT2D eigenvalue weighted by Gasteiger charge is -2.14. The zero-order valence-electron chi connectivity index (χ0n) is 18.4. The molecule has 0 aromatic heterocycles. The van der Waals surface area contributed by atoms with Gasteiger partial charge in [-0.3, -0.25) is 25.1 Å². The number of nitrogens with one attached hydrogen (secondary N) is 1. The van der Waals surface area contributed by atoms with Crippen LogP contribution in [0.2, 0.25) is 0 Å². The molecule has 1 fully saturated rings. The van der Waals surface area contributed by atoms with Gasteiger partial charge in [0, 0.05) is 11.6 Å². The molecule has 35 heavy (non-hydrogen) atoms. The maximum Gasteiger partial charge on any atom is 0.311 e. The Balaban J connectivity index is 1.51. The molecule has 4 aromatic carbocycles. The second-order valence-electron chi connectivity index (χ2n) is 7.85. The minimum Gasteiger partial charge on any atom is -0.482 e. The molecule has 0 saturated carbocycles. The van der Waals surface area contributed by atoms with E-state index < -0.39 is 16.7 Å². The van der Waals surface area contributed by atoms with Gasteiger partial charge in [0.15, 0.2) is 0 Å². The molecule has 4 aromatic rings. The number of nitro groups is 1. The van der Waals surface area contributed by atoms with Crippen LogP contribution in [0.3, 0.4) is 0 Å². The largest absolute Gasteiger partial charge is 0.482 e. The van der Waals surface area contributed by atoms with Crippen molar-refractivity contribution in [1.82, 2.24) is 5.43 Å². The Bertz CT molecular complexity index is 1490. The van der Waals surface area contributed by atoms with Crippen LogP contribution in [-0.2, 0) is 16.2 Å². The van der Waals surface area contributed by atoms with Gasteiger partial charge in [0.25, 0.3) is 11.8 Å². The first-order chi connectivity index (χ1) is 17.0. The molecule has 0 atom stereocenters. The molecule has 172 valence electrons. The Kier molecular flexibility index (Phi) is 5.68. The Morgan fingerprint density at radius 3 is 2.40 bits per heavy atom. The van der Waals surface area contributed by atoms with Crippen LogP contribution in [0.5, 0.6) is 5.75 Å². The number of fused-ring (bicyclic) bond motifs is 1. The van der Waals surface area contributed by atoms with Gasteiger partial charge in [0.05, 0.1) is 10.6 Å². The number of para-hydroxylation sites is 2. The third-order valence-electron chi connectivity index (χ3n) is 5.68. The minimum absolute atomic E-state index is 0.0169. The molecular formula is C27H19N3O5. The van der Waals surface area contributed by atoms with Crippen LogP contribution in [-0.4, -0.2) is 16.7 Å². The molecule has 0 unspecified atom stereocenters.